The van der Waals surface area contributed by atoms with Crippen LogP contribution in [0.2, 0.25) is 5.04 Å². The Morgan fingerprint density at radius 2 is 1.49 bits per heavy atom. The summed E-state index contributed by atoms with van der Waals surface area (Å²) in [5.74, 6) is 5.23. The minimum absolute atomic E-state index is 0.149. The predicted octanol–water partition coefficient (Wildman–Crippen LogP) is 6.67. The van der Waals surface area contributed by atoms with Crippen LogP contribution >= 0.6 is 0 Å². The lowest BCUT2D eigenvalue weighted by Gasteiger charge is -2.44. The molecule has 0 aromatic heterocycles. The van der Waals surface area contributed by atoms with Crippen LogP contribution in [0.3, 0.4) is 0 Å². The van der Waals surface area contributed by atoms with Crippen molar-refractivity contribution in [2.45, 2.75) is 89.6 Å². The third-order valence-electron chi connectivity index (χ3n) is 7.59. The van der Waals surface area contributed by atoms with Gasteiger partial charge in [-0.2, -0.15) is 0 Å². The van der Waals surface area contributed by atoms with Crippen molar-refractivity contribution >= 4 is 24.7 Å². The van der Waals surface area contributed by atoms with Crippen molar-refractivity contribution in [2.75, 3.05) is 0 Å². The largest absolute Gasteiger partial charge is 0.443 e. The third-order valence-corrected chi connectivity index (χ3v) is 12.8. The first-order valence-electron chi connectivity index (χ1n) is 15.0. The molecular formula is C37H44O5Si. The van der Waals surface area contributed by atoms with Gasteiger partial charge in [0.25, 0.3) is 8.32 Å². The van der Waals surface area contributed by atoms with Gasteiger partial charge in [-0.25, -0.2) is 4.79 Å². The van der Waals surface area contributed by atoms with Crippen LogP contribution in [0.5, 0.6) is 0 Å². The molecule has 4 rings (SSSR count). The van der Waals surface area contributed by atoms with Crippen molar-refractivity contribution in [3.63, 3.8) is 0 Å². The zero-order valence-corrected chi connectivity index (χ0v) is 27.2. The third kappa shape index (κ3) is 7.73. The highest BCUT2D eigenvalue weighted by Gasteiger charge is 2.51. The monoisotopic (exact) mass is 596 g/mol. The smallest absolute Gasteiger partial charge is 0.339 e. The first kappa shape index (κ1) is 32.4. The zero-order valence-electron chi connectivity index (χ0n) is 26.2. The van der Waals surface area contributed by atoms with Gasteiger partial charge < -0.3 is 18.6 Å². The molecule has 0 amide bonds. The number of carbonyl (C=O) groups excluding carboxylic acids is 1. The van der Waals surface area contributed by atoms with E-state index in [0.29, 0.717) is 18.4 Å². The molecule has 4 atom stereocenters. The van der Waals surface area contributed by atoms with Crippen LogP contribution < -0.4 is 10.4 Å². The standard InChI is InChI=1S/C37H44O5Si/c1-8-19-33-34(41-37(6,7)40-33)32(39-35(38)29-21-12-9-13-22-29)27-18-20-28(2)42-43(36(3,4)5,30-23-14-10-15-24-30)31-25-16-11-17-26-31/h8-17,21-26,28,32-34H,1,19-20H2,2-7H3/t28-,32?,33+,34-/m1/s1. The molecule has 0 spiro atoms. The summed E-state index contributed by atoms with van der Waals surface area (Å²) in [5, 5.41) is 2.28. The molecule has 5 nitrogen and oxygen atoms in total. The second-order valence-corrected chi connectivity index (χ2v) is 16.7. The maximum Gasteiger partial charge on any atom is 0.339 e. The Labute approximate surface area is 258 Å². The average molecular weight is 597 g/mol. The summed E-state index contributed by atoms with van der Waals surface area (Å²) >= 11 is 0. The van der Waals surface area contributed by atoms with Crippen LogP contribution in [0, 0.1) is 11.8 Å². The lowest BCUT2D eigenvalue weighted by atomic mass is 10.0. The highest BCUT2D eigenvalue weighted by atomic mass is 28.4. The van der Waals surface area contributed by atoms with Crippen LogP contribution in [0.25, 0.3) is 0 Å². The topological polar surface area (TPSA) is 54.0 Å². The van der Waals surface area contributed by atoms with Gasteiger partial charge in [0, 0.05) is 6.42 Å². The van der Waals surface area contributed by atoms with Gasteiger partial charge in [0.1, 0.15) is 6.10 Å². The van der Waals surface area contributed by atoms with Crippen LogP contribution in [0.15, 0.2) is 104 Å². The minimum Gasteiger partial charge on any atom is -0.443 e. The van der Waals surface area contributed by atoms with E-state index in [1.54, 1.807) is 30.3 Å². The van der Waals surface area contributed by atoms with Gasteiger partial charge in [0.15, 0.2) is 11.9 Å². The maximum atomic E-state index is 13.1. The first-order chi connectivity index (χ1) is 20.5. The van der Waals surface area contributed by atoms with Crippen LogP contribution in [0.1, 0.15) is 64.7 Å². The Balaban J connectivity index is 1.63. The molecular weight excluding hydrogens is 552 g/mol. The number of hydrogen-bond donors (Lipinski definition) is 0. The summed E-state index contributed by atoms with van der Waals surface area (Å²) in [7, 11) is -2.74. The summed E-state index contributed by atoms with van der Waals surface area (Å²) in [6.07, 6.45) is 0.841. The van der Waals surface area contributed by atoms with E-state index in [4.69, 9.17) is 18.6 Å². The van der Waals surface area contributed by atoms with Gasteiger partial charge in [0.05, 0.1) is 17.8 Å². The molecule has 1 aliphatic heterocycles. The lowest BCUT2D eigenvalue weighted by molar-refractivity contribution is -0.152. The molecule has 0 radical (unpaired) electrons. The minimum atomic E-state index is -2.74. The number of benzene rings is 3. The molecule has 3 aromatic carbocycles. The van der Waals surface area contributed by atoms with Crippen molar-refractivity contribution in [3.8, 4) is 11.8 Å². The Morgan fingerprint density at radius 3 is 2.00 bits per heavy atom. The first-order valence-corrected chi connectivity index (χ1v) is 16.9. The van der Waals surface area contributed by atoms with Gasteiger partial charge in [-0.3, -0.25) is 0 Å². The Bertz CT molecular complexity index is 1360. The summed E-state index contributed by atoms with van der Waals surface area (Å²) in [6, 6.07) is 30.0. The quantitative estimate of drug-likeness (QED) is 0.113. The van der Waals surface area contributed by atoms with Crippen molar-refractivity contribution < 1.29 is 23.4 Å². The molecule has 0 aliphatic carbocycles. The van der Waals surface area contributed by atoms with Crippen LogP contribution in [0.4, 0.5) is 0 Å². The average Bonchev–Trinajstić information content (AvgIpc) is 3.29. The van der Waals surface area contributed by atoms with Crippen molar-refractivity contribution in [1.29, 1.82) is 0 Å². The maximum absolute atomic E-state index is 13.1. The molecule has 1 fully saturated rings. The van der Waals surface area contributed by atoms with E-state index in [1.165, 1.54) is 10.4 Å². The molecule has 3 aromatic rings. The molecule has 6 heteroatoms. The van der Waals surface area contributed by atoms with Gasteiger partial charge in [-0.05, 0) is 54.7 Å². The summed E-state index contributed by atoms with van der Waals surface area (Å²) in [5.41, 5.74) is 0.455. The Morgan fingerprint density at radius 1 is 0.953 bits per heavy atom. The lowest BCUT2D eigenvalue weighted by Crippen LogP contribution is -2.67. The number of ether oxygens (including phenoxy) is 3. The second-order valence-electron chi connectivity index (χ2n) is 12.5. The molecule has 1 heterocycles. The molecule has 1 aliphatic rings. The highest BCUT2D eigenvalue weighted by molar-refractivity contribution is 6.99. The van der Waals surface area contributed by atoms with Gasteiger partial charge in [0.2, 0.25) is 0 Å². The van der Waals surface area contributed by atoms with E-state index < -0.39 is 32.3 Å². The summed E-state index contributed by atoms with van der Waals surface area (Å²) in [4.78, 5) is 13.1. The molecule has 0 bridgehead atoms. The van der Waals surface area contributed by atoms with Crippen LogP contribution in [-0.2, 0) is 18.6 Å². The number of hydrogen-bond acceptors (Lipinski definition) is 5. The highest BCUT2D eigenvalue weighted by Crippen LogP contribution is 2.38. The Hall–Kier alpha value is -3.47. The fraction of sp³-hybridized carbons (Fsp3) is 0.378. The molecule has 226 valence electrons. The van der Waals surface area contributed by atoms with Crippen molar-refractivity contribution in [3.05, 3.63) is 109 Å². The second kappa shape index (κ2) is 13.9. The fourth-order valence-electron chi connectivity index (χ4n) is 5.74. The van der Waals surface area contributed by atoms with Gasteiger partial charge >= 0.3 is 5.97 Å². The molecule has 1 saturated heterocycles. The van der Waals surface area contributed by atoms with E-state index >= 15 is 0 Å². The van der Waals surface area contributed by atoms with E-state index in [9.17, 15) is 4.79 Å². The zero-order chi connectivity index (χ0) is 31.1. The van der Waals surface area contributed by atoms with E-state index in [1.807, 2.05) is 32.0 Å². The van der Waals surface area contributed by atoms with E-state index in [-0.39, 0.29) is 17.2 Å². The summed E-state index contributed by atoms with van der Waals surface area (Å²) in [6.45, 7) is 16.4. The number of esters is 1. The fourth-order valence-corrected chi connectivity index (χ4v) is 10.4. The van der Waals surface area contributed by atoms with Crippen molar-refractivity contribution in [2.24, 2.45) is 0 Å². The van der Waals surface area contributed by atoms with Gasteiger partial charge in [-0.15, -0.1) is 6.58 Å². The van der Waals surface area contributed by atoms with E-state index in [2.05, 4.69) is 94.6 Å². The van der Waals surface area contributed by atoms with E-state index in [0.717, 1.165) is 0 Å². The Kier molecular flexibility index (Phi) is 10.5. The van der Waals surface area contributed by atoms with Crippen molar-refractivity contribution in [1.82, 2.24) is 0 Å². The van der Waals surface area contributed by atoms with Crippen LogP contribution in [-0.4, -0.2) is 44.5 Å². The molecule has 43 heavy (non-hydrogen) atoms. The predicted molar refractivity (Wildman–Crippen MR) is 175 cm³/mol. The normalized spacial score (nSPS) is 19.5. The molecule has 1 unspecified atom stereocenters. The molecule has 0 saturated carbocycles. The number of carbonyl (C=O) groups is 1. The summed E-state index contributed by atoms with van der Waals surface area (Å²) < 4.78 is 25.5. The SMILES string of the molecule is C=CC[C@@H]1OC(C)(C)O[C@@H]1C(C#CC[C@@H](C)O[Si](c1ccccc1)(c1ccccc1)C(C)(C)C)OC(=O)c1ccccc1. The number of rotatable bonds is 10. The van der Waals surface area contributed by atoms with Gasteiger partial charge in [-0.1, -0.05) is 118 Å². The molecule has 0 N–H and O–H groups in total.